The highest BCUT2D eigenvalue weighted by atomic mass is 16.3. The van der Waals surface area contributed by atoms with Gasteiger partial charge in [-0.1, -0.05) is 6.92 Å². The molecule has 4 heteroatoms. The zero-order valence-electron chi connectivity index (χ0n) is 7.22. The van der Waals surface area contributed by atoms with Crippen molar-refractivity contribution in [2.75, 3.05) is 6.61 Å². The minimum absolute atomic E-state index is 0.133. The second-order valence-electron chi connectivity index (χ2n) is 2.77. The van der Waals surface area contributed by atoms with Crippen molar-refractivity contribution >= 4 is 0 Å². The van der Waals surface area contributed by atoms with Crippen LogP contribution in [0.15, 0.2) is 0 Å². The van der Waals surface area contributed by atoms with Gasteiger partial charge in [0.25, 0.3) is 0 Å². The molecule has 0 fully saturated rings. The number of hydrogen-bond acceptors (Lipinski definition) is 4. The lowest BCUT2D eigenvalue weighted by molar-refractivity contribution is -0.00166. The van der Waals surface area contributed by atoms with Crippen molar-refractivity contribution in [1.29, 1.82) is 0 Å². The van der Waals surface area contributed by atoms with Crippen molar-refractivity contribution in [1.82, 2.24) is 0 Å². The van der Waals surface area contributed by atoms with Crippen molar-refractivity contribution in [2.45, 2.75) is 38.1 Å². The van der Waals surface area contributed by atoms with E-state index in [-0.39, 0.29) is 13.0 Å². The molecule has 1 radical (unpaired) electrons. The first kappa shape index (κ1) is 11.8. The second kappa shape index (κ2) is 6.37. The fourth-order valence-corrected chi connectivity index (χ4v) is 0.850. The van der Waals surface area contributed by atoms with Crippen molar-refractivity contribution < 1.29 is 20.4 Å². The van der Waals surface area contributed by atoms with Gasteiger partial charge in [0, 0.05) is 19.4 Å². The molecule has 0 aromatic rings. The van der Waals surface area contributed by atoms with Gasteiger partial charge >= 0.3 is 0 Å². The van der Waals surface area contributed by atoms with E-state index in [1.165, 1.54) is 6.42 Å². The minimum Gasteiger partial charge on any atom is -0.396 e. The van der Waals surface area contributed by atoms with Gasteiger partial charge in [-0.05, 0) is 6.42 Å². The summed E-state index contributed by atoms with van der Waals surface area (Å²) in [4.78, 5) is 0. The number of aliphatic hydroxyl groups is 4. The van der Waals surface area contributed by atoms with Crippen LogP contribution >= 0.6 is 0 Å². The molecule has 73 valence electrons. The molecule has 0 aromatic heterocycles. The average Bonchev–Trinajstić information content (AvgIpc) is 2.04. The lowest BCUT2D eigenvalue weighted by Gasteiger charge is -2.18. The van der Waals surface area contributed by atoms with E-state index in [0.29, 0.717) is 6.42 Å². The van der Waals surface area contributed by atoms with Gasteiger partial charge in [-0.2, -0.15) is 0 Å². The van der Waals surface area contributed by atoms with Gasteiger partial charge in [0.05, 0.1) is 18.3 Å². The summed E-state index contributed by atoms with van der Waals surface area (Å²) in [5.74, 6) is 0. The molecule has 4 nitrogen and oxygen atoms in total. The Hall–Kier alpha value is -0.160. The molecule has 0 aromatic carbocycles. The van der Waals surface area contributed by atoms with Crippen LogP contribution in [0.1, 0.15) is 19.8 Å². The molecule has 0 saturated heterocycles. The molecule has 0 amide bonds. The number of hydrogen-bond donors (Lipinski definition) is 4. The van der Waals surface area contributed by atoms with E-state index in [1.807, 2.05) is 0 Å². The first-order chi connectivity index (χ1) is 5.61. The van der Waals surface area contributed by atoms with E-state index >= 15 is 0 Å². The molecule has 3 atom stereocenters. The summed E-state index contributed by atoms with van der Waals surface area (Å²) in [5.41, 5.74) is 0. The van der Waals surface area contributed by atoms with Gasteiger partial charge in [0.2, 0.25) is 0 Å². The van der Waals surface area contributed by atoms with Crippen LogP contribution in [-0.4, -0.2) is 45.3 Å². The summed E-state index contributed by atoms with van der Waals surface area (Å²) >= 11 is 0. The third-order valence-corrected chi connectivity index (χ3v) is 1.73. The quantitative estimate of drug-likeness (QED) is 0.422. The Morgan fingerprint density at radius 2 is 1.83 bits per heavy atom. The van der Waals surface area contributed by atoms with Crippen LogP contribution in [0.2, 0.25) is 0 Å². The maximum Gasteiger partial charge on any atom is 0.0854 e. The molecule has 4 N–H and O–H groups in total. The molecule has 0 bridgehead atoms. The van der Waals surface area contributed by atoms with Crippen molar-refractivity contribution in [2.24, 2.45) is 0 Å². The maximum atomic E-state index is 9.20. The summed E-state index contributed by atoms with van der Waals surface area (Å²) in [6.45, 7) is 1.51. The lowest BCUT2D eigenvalue weighted by Crippen LogP contribution is -2.31. The number of rotatable bonds is 6. The Bertz CT molecular complexity index is 107. The summed E-state index contributed by atoms with van der Waals surface area (Å²) in [6.07, 6.45) is -0.783. The molecule has 0 spiro atoms. The maximum absolute atomic E-state index is 9.20. The molecule has 0 heterocycles. The normalized spacial score (nSPS) is 18.8. The first-order valence-electron chi connectivity index (χ1n) is 4.10. The SMILES string of the molecule is CCC(O)CC(O)C(O)[CH]CO. The average molecular weight is 177 g/mol. The monoisotopic (exact) mass is 177 g/mol. The van der Waals surface area contributed by atoms with Crippen LogP contribution in [0.25, 0.3) is 0 Å². The molecule has 3 unspecified atom stereocenters. The Kier molecular flexibility index (Phi) is 6.28. The number of aliphatic hydroxyl groups excluding tert-OH is 4. The van der Waals surface area contributed by atoms with E-state index in [1.54, 1.807) is 6.92 Å². The third-order valence-electron chi connectivity index (χ3n) is 1.73. The zero-order chi connectivity index (χ0) is 9.56. The Morgan fingerprint density at radius 3 is 2.25 bits per heavy atom. The minimum atomic E-state index is -1.06. The third kappa shape index (κ3) is 4.66. The molecular formula is C8H17O4. The van der Waals surface area contributed by atoms with E-state index < -0.39 is 18.3 Å². The molecule has 0 rings (SSSR count). The highest BCUT2D eigenvalue weighted by Gasteiger charge is 2.18. The summed E-state index contributed by atoms with van der Waals surface area (Å²) in [6, 6.07) is 0. The molecule has 0 aliphatic carbocycles. The highest BCUT2D eigenvalue weighted by molar-refractivity contribution is 4.82. The standard InChI is InChI=1S/C8H17O4/c1-2-6(10)5-8(12)7(11)3-4-9/h3,6-12H,2,4-5H2,1H3. The van der Waals surface area contributed by atoms with Crippen molar-refractivity contribution in [3.8, 4) is 0 Å². The van der Waals surface area contributed by atoms with Gasteiger partial charge in [-0.15, -0.1) is 0 Å². The zero-order valence-corrected chi connectivity index (χ0v) is 7.22. The van der Waals surface area contributed by atoms with E-state index in [2.05, 4.69) is 0 Å². The topological polar surface area (TPSA) is 80.9 Å². The predicted octanol–water partition coefficient (Wildman–Crippen LogP) is -0.934. The fraction of sp³-hybridized carbons (Fsp3) is 0.875. The van der Waals surface area contributed by atoms with E-state index in [4.69, 9.17) is 15.3 Å². The fourth-order valence-electron chi connectivity index (χ4n) is 0.850. The van der Waals surface area contributed by atoms with Crippen LogP contribution in [0.4, 0.5) is 0 Å². The van der Waals surface area contributed by atoms with Gasteiger partial charge in [0.15, 0.2) is 0 Å². The Morgan fingerprint density at radius 1 is 1.25 bits per heavy atom. The molecule has 0 saturated carbocycles. The van der Waals surface area contributed by atoms with Crippen LogP contribution in [-0.2, 0) is 0 Å². The Balaban J connectivity index is 3.62. The van der Waals surface area contributed by atoms with Crippen LogP contribution < -0.4 is 0 Å². The molecule has 0 aliphatic heterocycles. The van der Waals surface area contributed by atoms with E-state index in [9.17, 15) is 5.11 Å². The van der Waals surface area contributed by atoms with Gasteiger partial charge in [-0.25, -0.2) is 0 Å². The van der Waals surface area contributed by atoms with Gasteiger partial charge in [0.1, 0.15) is 0 Å². The summed E-state index contributed by atoms with van der Waals surface area (Å²) in [5, 5.41) is 35.8. The van der Waals surface area contributed by atoms with Gasteiger partial charge < -0.3 is 20.4 Å². The van der Waals surface area contributed by atoms with Crippen molar-refractivity contribution in [3.63, 3.8) is 0 Å². The van der Waals surface area contributed by atoms with Crippen molar-refractivity contribution in [3.05, 3.63) is 6.42 Å². The Labute approximate surface area is 72.5 Å². The van der Waals surface area contributed by atoms with Crippen LogP contribution in [0.3, 0.4) is 0 Å². The van der Waals surface area contributed by atoms with Crippen LogP contribution in [0, 0.1) is 6.42 Å². The lowest BCUT2D eigenvalue weighted by atomic mass is 10.0. The molecule has 12 heavy (non-hydrogen) atoms. The first-order valence-corrected chi connectivity index (χ1v) is 4.10. The molecule has 0 aliphatic rings. The largest absolute Gasteiger partial charge is 0.396 e. The predicted molar refractivity (Wildman–Crippen MR) is 44.3 cm³/mol. The van der Waals surface area contributed by atoms with Crippen LogP contribution in [0.5, 0.6) is 0 Å². The highest BCUT2D eigenvalue weighted by Crippen LogP contribution is 2.07. The summed E-state index contributed by atoms with van der Waals surface area (Å²) < 4.78 is 0. The van der Waals surface area contributed by atoms with Gasteiger partial charge in [-0.3, -0.25) is 0 Å². The van der Waals surface area contributed by atoms with E-state index in [0.717, 1.165) is 0 Å². The summed E-state index contributed by atoms with van der Waals surface area (Å²) in [7, 11) is 0. The smallest absolute Gasteiger partial charge is 0.0854 e. The molecular weight excluding hydrogens is 160 g/mol. The second-order valence-corrected chi connectivity index (χ2v) is 2.77.